The molecule has 0 radical (unpaired) electrons. The molecular weight excluding hydrogens is 450 g/mol. The van der Waals surface area contributed by atoms with Gasteiger partial charge in [-0.15, -0.1) is 11.8 Å². The second kappa shape index (κ2) is 9.89. The number of H-pyrrole nitrogens is 1. The van der Waals surface area contributed by atoms with Crippen molar-refractivity contribution in [3.63, 3.8) is 0 Å². The number of nitrogens with one attached hydrogen (secondary N) is 2. The highest BCUT2D eigenvalue weighted by Gasteiger charge is 2.10. The molecule has 6 nitrogen and oxygen atoms in total. The van der Waals surface area contributed by atoms with Crippen LogP contribution in [-0.2, 0) is 5.75 Å². The molecule has 3 aromatic carbocycles. The Bertz CT molecular complexity index is 1390. The van der Waals surface area contributed by atoms with Gasteiger partial charge in [-0.05, 0) is 54.1 Å². The summed E-state index contributed by atoms with van der Waals surface area (Å²) in [6.45, 7) is 0. The fraction of sp³-hybridized carbons (Fsp3) is 0.0400. The van der Waals surface area contributed by atoms with E-state index in [2.05, 4.69) is 37.6 Å². The molecule has 0 unspecified atom stereocenters. The van der Waals surface area contributed by atoms with E-state index in [4.69, 9.17) is 0 Å². The third-order valence-corrected chi connectivity index (χ3v) is 6.96. The van der Waals surface area contributed by atoms with E-state index in [0.29, 0.717) is 17.0 Å². The Hall–Kier alpha value is -3.62. The minimum Gasteiger partial charge on any atom is -0.322 e. The topological polar surface area (TPSA) is 83.6 Å². The summed E-state index contributed by atoms with van der Waals surface area (Å²) in [5.41, 5.74) is 3.14. The number of fused-ring (bicyclic) bond motifs is 1. The lowest BCUT2D eigenvalue weighted by atomic mass is 10.1. The van der Waals surface area contributed by atoms with Crippen LogP contribution in [0.2, 0.25) is 0 Å². The Kier molecular flexibility index (Phi) is 6.37. The highest BCUT2D eigenvalue weighted by Crippen LogP contribution is 2.29. The first-order chi connectivity index (χ1) is 16.2. The number of carbonyl (C=O) groups is 1. The van der Waals surface area contributed by atoms with E-state index in [0.717, 1.165) is 26.6 Å². The molecule has 2 aromatic heterocycles. The smallest absolute Gasteiger partial charge is 0.255 e. The molecule has 2 N–H and O–H groups in total. The molecule has 0 fully saturated rings. The van der Waals surface area contributed by atoms with Crippen molar-refractivity contribution in [1.82, 2.24) is 20.2 Å². The first-order valence-electron chi connectivity index (χ1n) is 10.2. The fourth-order valence-corrected chi connectivity index (χ4v) is 4.99. The molecule has 0 aliphatic carbocycles. The van der Waals surface area contributed by atoms with Gasteiger partial charge in [0.1, 0.15) is 11.4 Å². The first kappa shape index (κ1) is 21.2. The predicted octanol–water partition coefficient (Wildman–Crippen LogP) is 6.05. The van der Waals surface area contributed by atoms with Crippen molar-refractivity contribution in [1.29, 1.82) is 0 Å². The minimum absolute atomic E-state index is 0.135. The zero-order valence-electron chi connectivity index (χ0n) is 17.4. The van der Waals surface area contributed by atoms with Gasteiger partial charge in [0.2, 0.25) is 0 Å². The minimum atomic E-state index is -0.135. The quantitative estimate of drug-likeness (QED) is 0.223. The maximum atomic E-state index is 12.8. The largest absolute Gasteiger partial charge is 0.322 e. The Morgan fingerprint density at radius 3 is 2.58 bits per heavy atom. The van der Waals surface area contributed by atoms with Crippen LogP contribution in [0.4, 0.5) is 5.69 Å². The number of aromatic nitrogens is 4. The standard InChI is InChI=1S/C25H19N5OS2/c31-24(29-19-9-11-21(12-10-19)33-20-7-2-1-3-8-20)18-6-4-5-17(13-18)15-32-25-22-14-28-30-23(22)26-16-27-25/h1-14,16H,15H2,(H,29,31)(H,26,27,28,30). The van der Waals surface area contributed by atoms with Crippen molar-refractivity contribution in [2.75, 3.05) is 5.32 Å². The van der Waals surface area contributed by atoms with Gasteiger partial charge in [0, 0.05) is 26.8 Å². The third kappa shape index (κ3) is 5.24. The van der Waals surface area contributed by atoms with Gasteiger partial charge in [-0.25, -0.2) is 9.97 Å². The number of thioether (sulfide) groups is 1. The van der Waals surface area contributed by atoms with Crippen molar-refractivity contribution in [3.05, 3.63) is 103 Å². The number of hydrogen-bond acceptors (Lipinski definition) is 6. The van der Waals surface area contributed by atoms with E-state index in [1.807, 2.05) is 66.7 Å². The number of amides is 1. The number of benzene rings is 3. The number of rotatable bonds is 7. The fourth-order valence-electron chi connectivity index (χ4n) is 3.25. The Morgan fingerprint density at radius 2 is 1.73 bits per heavy atom. The molecule has 33 heavy (non-hydrogen) atoms. The van der Waals surface area contributed by atoms with Crippen molar-refractivity contribution >= 4 is 46.2 Å². The molecule has 1 amide bonds. The third-order valence-electron chi connectivity index (χ3n) is 4.87. The van der Waals surface area contributed by atoms with E-state index < -0.39 is 0 Å². The average molecular weight is 470 g/mol. The molecule has 5 rings (SSSR count). The summed E-state index contributed by atoms with van der Waals surface area (Å²) in [7, 11) is 0. The maximum Gasteiger partial charge on any atom is 0.255 e. The lowest BCUT2D eigenvalue weighted by molar-refractivity contribution is 0.102. The van der Waals surface area contributed by atoms with Crippen LogP contribution in [0.1, 0.15) is 15.9 Å². The van der Waals surface area contributed by atoms with Gasteiger partial charge >= 0.3 is 0 Å². The summed E-state index contributed by atoms with van der Waals surface area (Å²) in [6.07, 6.45) is 3.25. The van der Waals surface area contributed by atoms with E-state index in [9.17, 15) is 4.79 Å². The second-order valence-corrected chi connectivity index (χ2v) is 9.30. The molecule has 0 atom stereocenters. The van der Waals surface area contributed by atoms with Gasteiger partial charge in [0.05, 0.1) is 11.6 Å². The van der Waals surface area contributed by atoms with Crippen LogP contribution in [0.3, 0.4) is 0 Å². The molecule has 0 aliphatic heterocycles. The van der Waals surface area contributed by atoms with Crippen molar-refractivity contribution in [2.24, 2.45) is 0 Å². The van der Waals surface area contributed by atoms with Crippen LogP contribution in [-0.4, -0.2) is 26.1 Å². The van der Waals surface area contributed by atoms with Gasteiger partial charge in [-0.3, -0.25) is 9.89 Å². The van der Waals surface area contributed by atoms with Gasteiger partial charge in [0.15, 0.2) is 5.65 Å². The SMILES string of the molecule is O=C(Nc1ccc(Sc2ccccc2)cc1)c1cccc(CSc2ncnc3[nH]ncc23)c1. The summed E-state index contributed by atoms with van der Waals surface area (Å²) in [6, 6.07) is 25.7. The summed E-state index contributed by atoms with van der Waals surface area (Å²) < 4.78 is 0. The van der Waals surface area contributed by atoms with Crippen LogP contribution in [0.5, 0.6) is 0 Å². The van der Waals surface area contributed by atoms with Crippen LogP contribution in [0.15, 0.2) is 106 Å². The Labute approximate surface area is 199 Å². The van der Waals surface area contributed by atoms with Gasteiger partial charge in [-0.1, -0.05) is 42.1 Å². The Balaban J connectivity index is 1.22. The summed E-state index contributed by atoms with van der Waals surface area (Å²) in [4.78, 5) is 23.6. The molecule has 0 saturated heterocycles. The van der Waals surface area contributed by atoms with Gasteiger partial charge in [0.25, 0.3) is 5.91 Å². The second-order valence-electron chi connectivity index (χ2n) is 7.19. The number of anilines is 1. The lowest BCUT2D eigenvalue weighted by Crippen LogP contribution is -2.12. The molecule has 8 heteroatoms. The summed E-state index contributed by atoms with van der Waals surface area (Å²) in [5, 5.41) is 11.6. The number of hydrogen-bond donors (Lipinski definition) is 2. The van der Waals surface area contributed by atoms with E-state index in [-0.39, 0.29) is 5.91 Å². The van der Waals surface area contributed by atoms with Crippen LogP contribution >= 0.6 is 23.5 Å². The first-order valence-corrected chi connectivity index (χ1v) is 12.0. The monoisotopic (exact) mass is 469 g/mol. The molecule has 0 bridgehead atoms. The number of carbonyl (C=O) groups excluding carboxylic acids is 1. The average Bonchev–Trinajstić information content (AvgIpc) is 3.34. The molecule has 162 valence electrons. The summed E-state index contributed by atoms with van der Waals surface area (Å²) >= 11 is 3.28. The molecular formula is C25H19N5OS2. The number of nitrogens with zero attached hydrogens (tertiary/aromatic N) is 3. The van der Waals surface area contributed by atoms with E-state index >= 15 is 0 Å². The predicted molar refractivity (Wildman–Crippen MR) is 133 cm³/mol. The van der Waals surface area contributed by atoms with Crippen LogP contribution in [0, 0.1) is 0 Å². The molecule has 0 saturated carbocycles. The molecule has 5 aromatic rings. The highest BCUT2D eigenvalue weighted by atomic mass is 32.2. The molecule has 0 aliphatic rings. The molecule has 0 spiro atoms. The van der Waals surface area contributed by atoms with Crippen molar-refractivity contribution in [2.45, 2.75) is 20.6 Å². The molecule has 2 heterocycles. The maximum absolute atomic E-state index is 12.8. The van der Waals surface area contributed by atoms with Crippen LogP contribution < -0.4 is 5.32 Å². The van der Waals surface area contributed by atoms with Gasteiger partial charge < -0.3 is 5.32 Å². The zero-order valence-corrected chi connectivity index (χ0v) is 19.1. The number of aromatic amines is 1. The normalized spacial score (nSPS) is 10.9. The van der Waals surface area contributed by atoms with Crippen molar-refractivity contribution in [3.8, 4) is 0 Å². The lowest BCUT2D eigenvalue weighted by Gasteiger charge is -2.08. The van der Waals surface area contributed by atoms with E-state index in [1.165, 1.54) is 11.2 Å². The van der Waals surface area contributed by atoms with Gasteiger partial charge in [-0.2, -0.15) is 5.10 Å². The highest BCUT2D eigenvalue weighted by molar-refractivity contribution is 7.99. The zero-order chi connectivity index (χ0) is 22.5. The Morgan fingerprint density at radius 1 is 0.909 bits per heavy atom. The van der Waals surface area contributed by atoms with Crippen LogP contribution in [0.25, 0.3) is 11.0 Å². The van der Waals surface area contributed by atoms with E-state index in [1.54, 1.807) is 29.7 Å². The summed E-state index contributed by atoms with van der Waals surface area (Å²) in [5.74, 6) is 0.550. The van der Waals surface area contributed by atoms with Crippen molar-refractivity contribution < 1.29 is 4.79 Å².